The number of fused-ring (bicyclic) bond motifs is 1. The van der Waals surface area contributed by atoms with E-state index in [1.165, 1.54) is 12.3 Å². The Morgan fingerprint density at radius 3 is 2.45 bits per heavy atom. The number of halogens is 3. The molecule has 106 valence electrons. The van der Waals surface area contributed by atoms with E-state index in [0.29, 0.717) is 11.1 Å². The minimum atomic E-state index is -4.47. The van der Waals surface area contributed by atoms with Crippen LogP contribution in [-0.4, -0.2) is 16.1 Å². The number of carboxylic acids is 1. The zero-order chi connectivity index (χ0) is 15.1. The second kappa shape index (κ2) is 4.77. The van der Waals surface area contributed by atoms with E-state index in [9.17, 15) is 18.0 Å². The first-order valence-corrected chi connectivity index (χ1v) is 5.95. The molecule has 0 saturated heterocycles. The van der Waals surface area contributed by atoms with Crippen LogP contribution in [0, 0.1) is 0 Å². The normalized spacial score (nSPS) is 12.1. The molecular weight excluding hydrogens is 271 g/mol. The maximum Gasteiger partial charge on any atom is 0.416 e. The number of carbonyl (C=O) groups is 1. The van der Waals surface area contributed by atoms with Gasteiger partial charge in [-0.3, -0.25) is 4.98 Å². The summed E-state index contributed by atoms with van der Waals surface area (Å²) < 4.78 is 38.3. The smallest absolute Gasteiger partial charge is 0.416 e. The van der Waals surface area contributed by atoms with Gasteiger partial charge in [-0.2, -0.15) is 13.2 Å². The highest BCUT2D eigenvalue weighted by molar-refractivity contribution is 5.96. The fraction of sp³-hybridized carbons (Fsp3) is 0.286. The van der Waals surface area contributed by atoms with Crippen molar-refractivity contribution in [1.29, 1.82) is 0 Å². The summed E-state index contributed by atoms with van der Waals surface area (Å²) >= 11 is 0. The summed E-state index contributed by atoms with van der Waals surface area (Å²) in [4.78, 5) is 15.1. The van der Waals surface area contributed by atoms with Crippen molar-refractivity contribution in [1.82, 2.24) is 4.98 Å². The lowest BCUT2D eigenvalue weighted by Gasteiger charge is -2.15. The first-order valence-electron chi connectivity index (χ1n) is 5.95. The first-order chi connectivity index (χ1) is 9.21. The standard InChI is InChI=1S/C14H12F3NO2/c1-7(2)12-9-5-8(14(15,16)17)3-4-11(9)18-6-10(12)13(19)20/h3-7H,1-2H3,(H,19,20). The van der Waals surface area contributed by atoms with Gasteiger partial charge in [-0.1, -0.05) is 13.8 Å². The summed E-state index contributed by atoms with van der Waals surface area (Å²) in [6, 6.07) is 3.17. The molecule has 0 aliphatic carbocycles. The number of aromatic nitrogens is 1. The number of benzene rings is 1. The Labute approximate surface area is 113 Å². The molecule has 3 nitrogen and oxygen atoms in total. The molecule has 1 heterocycles. The molecule has 0 unspecified atom stereocenters. The molecular formula is C14H12F3NO2. The lowest BCUT2D eigenvalue weighted by molar-refractivity contribution is -0.137. The summed E-state index contributed by atoms with van der Waals surface area (Å²) in [6.07, 6.45) is -3.28. The van der Waals surface area contributed by atoms with Gasteiger partial charge in [0.1, 0.15) is 0 Å². The molecule has 1 aromatic heterocycles. The second-order valence-electron chi connectivity index (χ2n) is 4.78. The van der Waals surface area contributed by atoms with E-state index in [-0.39, 0.29) is 16.9 Å². The minimum Gasteiger partial charge on any atom is -0.478 e. The van der Waals surface area contributed by atoms with Crippen molar-refractivity contribution >= 4 is 16.9 Å². The van der Waals surface area contributed by atoms with Gasteiger partial charge in [-0.05, 0) is 29.7 Å². The molecule has 6 heteroatoms. The van der Waals surface area contributed by atoms with Crippen LogP contribution in [0.3, 0.4) is 0 Å². The van der Waals surface area contributed by atoms with Gasteiger partial charge in [-0.25, -0.2) is 4.79 Å². The number of pyridine rings is 1. The van der Waals surface area contributed by atoms with Crippen LogP contribution in [0.15, 0.2) is 24.4 Å². The summed E-state index contributed by atoms with van der Waals surface area (Å²) in [5.74, 6) is -1.42. The van der Waals surface area contributed by atoms with E-state index in [4.69, 9.17) is 5.11 Å². The Hall–Kier alpha value is -2.11. The van der Waals surface area contributed by atoms with Crippen LogP contribution in [0.25, 0.3) is 10.9 Å². The first kappa shape index (κ1) is 14.3. The molecule has 1 N–H and O–H groups in total. The molecule has 20 heavy (non-hydrogen) atoms. The highest BCUT2D eigenvalue weighted by atomic mass is 19.4. The Morgan fingerprint density at radius 1 is 1.30 bits per heavy atom. The number of carboxylic acid groups (broad SMARTS) is 1. The van der Waals surface area contributed by atoms with Crippen molar-refractivity contribution in [3.63, 3.8) is 0 Å². The van der Waals surface area contributed by atoms with Crippen LogP contribution < -0.4 is 0 Å². The van der Waals surface area contributed by atoms with E-state index in [1.807, 2.05) is 0 Å². The average Bonchev–Trinajstić information content (AvgIpc) is 2.35. The predicted molar refractivity (Wildman–Crippen MR) is 67.8 cm³/mol. The second-order valence-corrected chi connectivity index (χ2v) is 4.78. The van der Waals surface area contributed by atoms with Gasteiger partial charge in [0.25, 0.3) is 0 Å². The lowest BCUT2D eigenvalue weighted by Crippen LogP contribution is -2.08. The van der Waals surface area contributed by atoms with Crippen LogP contribution in [0.2, 0.25) is 0 Å². The van der Waals surface area contributed by atoms with Crippen molar-refractivity contribution in [3.05, 3.63) is 41.1 Å². The van der Waals surface area contributed by atoms with Gasteiger partial charge in [0.15, 0.2) is 0 Å². The van der Waals surface area contributed by atoms with Crippen molar-refractivity contribution < 1.29 is 23.1 Å². The zero-order valence-corrected chi connectivity index (χ0v) is 10.8. The molecule has 2 rings (SSSR count). The largest absolute Gasteiger partial charge is 0.478 e. The van der Waals surface area contributed by atoms with Gasteiger partial charge in [0.2, 0.25) is 0 Å². The topological polar surface area (TPSA) is 50.2 Å². The molecule has 0 atom stereocenters. The molecule has 0 fully saturated rings. The fourth-order valence-electron chi connectivity index (χ4n) is 2.18. The van der Waals surface area contributed by atoms with Crippen molar-refractivity contribution in [2.75, 3.05) is 0 Å². The molecule has 0 amide bonds. The van der Waals surface area contributed by atoms with E-state index in [2.05, 4.69) is 4.98 Å². The predicted octanol–water partition coefficient (Wildman–Crippen LogP) is 4.08. The van der Waals surface area contributed by atoms with Crippen molar-refractivity contribution in [3.8, 4) is 0 Å². The summed E-state index contributed by atoms with van der Waals surface area (Å²) in [6.45, 7) is 3.48. The van der Waals surface area contributed by atoms with E-state index in [1.54, 1.807) is 13.8 Å². The SMILES string of the molecule is CC(C)c1c(C(=O)O)cnc2ccc(C(F)(F)F)cc12. The van der Waals surface area contributed by atoms with Crippen LogP contribution >= 0.6 is 0 Å². The maximum atomic E-state index is 12.8. The number of aromatic carboxylic acids is 1. The third kappa shape index (κ3) is 2.45. The summed E-state index contributed by atoms with van der Waals surface area (Å²) in [7, 11) is 0. The van der Waals surface area contributed by atoms with Crippen LogP contribution in [-0.2, 0) is 6.18 Å². The molecule has 2 aromatic rings. The van der Waals surface area contributed by atoms with Crippen LogP contribution in [0.4, 0.5) is 13.2 Å². The fourth-order valence-corrected chi connectivity index (χ4v) is 2.18. The summed E-state index contributed by atoms with van der Waals surface area (Å²) in [5.41, 5.74) is -0.150. The van der Waals surface area contributed by atoms with Crippen LogP contribution in [0.5, 0.6) is 0 Å². The number of alkyl halides is 3. The van der Waals surface area contributed by atoms with Gasteiger partial charge < -0.3 is 5.11 Å². The zero-order valence-electron chi connectivity index (χ0n) is 10.8. The Morgan fingerprint density at radius 2 is 1.95 bits per heavy atom. The minimum absolute atomic E-state index is 0.0631. The molecule has 0 bridgehead atoms. The number of hydrogen-bond donors (Lipinski definition) is 1. The Kier molecular flexibility index (Phi) is 3.41. The molecule has 0 saturated carbocycles. The molecule has 0 radical (unpaired) electrons. The van der Waals surface area contributed by atoms with Gasteiger partial charge in [0.05, 0.1) is 16.6 Å². The summed E-state index contributed by atoms with van der Waals surface area (Å²) in [5, 5.41) is 9.37. The molecule has 0 aliphatic rings. The Bertz CT molecular complexity index is 678. The number of hydrogen-bond acceptors (Lipinski definition) is 2. The monoisotopic (exact) mass is 283 g/mol. The maximum absolute atomic E-state index is 12.8. The highest BCUT2D eigenvalue weighted by Crippen LogP contribution is 2.34. The van der Waals surface area contributed by atoms with Crippen LogP contribution in [0.1, 0.15) is 41.3 Å². The highest BCUT2D eigenvalue weighted by Gasteiger charge is 2.31. The molecule has 0 aliphatic heterocycles. The number of nitrogens with zero attached hydrogens (tertiary/aromatic N) is 1. The van der Waals surface area contributed by atoms with Gasteiger partial charge >= 0.3 is 12.1 Å². The Balaban J connectivity index is 2.83. The molecule has 1 aromatic carbocycles. The van der Waals surface area contributed by atoms with Gasteiger partial charge in [-0.15, -0.1) is 0 Å². The van der Waals surface area contributed by atoms with Gasteiger partial charge in [0, 0.05) is 11.6 Å². The van der Waals surface area contributed by atoms with Crippen molar-refractivity contribution in [2.24, 2.45) is 0 Å². The molecule has 0 spiro atoms. The lowest BCUT2D eigenvalue weighted by atomic mass is 9.93. The number of rotatable bonds is 2. The van der Waals surface area contributed by atoms with Crippen molar-refractivity contribution in [2.45, 2.75) is 25.9 Å². The van der Waals surface area contributed by atoms with E-state index >= 15 is 0 Å². The van der Waals surface area contributed by atoms with E-state index < -0.39 is 17.7 Å². The third-order valence-electron chi connectivity index (χ3n) is 3.04. The average molecular weight is 283 g/mol. The quantitative estimate of drug-likeness (QED) is 0.903. The third-order valence-corrected chi connectivity index (χ3v) is 3.04. The van der Waals surface area contributed by atoms with E-state index in [0.717, 1.165) is 12.1 Å².